The number of phenolic OH excluding ortho intramolecular Hbond substituents is 1. The van der Waals surface area contributed by atoms with Gasteiger partial charge in [-0.1, -0.05) is 48.5 Å². The first-order valence-electron chi connectivity index (χ1n) is 15.8. The summed E-state index contributed by atoms with van der Waals surface area (Å²) in [6.07, 6.45) is 3.04. The molecule has 0 aromatic heterocycles. The van der Waals surface area contributed by atoms with E-state index >= 15 is 0 Å². The maximum Gasteiger partial charge on any atom is 0.488 e. The van der Waals surface area contributed by atoms with Crippen molar-refractivity contribution in [2.45, 2.75) is 31.7 Å². The van der Waals surface area contributed by atoms with Crippen molar-refractivity contribution in [3.05, 3.63) is 92.6 Å². The molecule has 2 amide bonds. The first-order valence-corrected chi connectivity index (χ1v) is 16.9. The van der Waals surface area contributed by atoms with E-state index in [4.69, 9.17) is 14.1 Å². The van der Waals surface area contributed by atoms with Crippen molar-refractivity contribution >= 4 is 71.4 Å². The average Bonchev–Trinajstić information content (AvgIpc) is 3.33. The predicted octanol–water partition coefficient (Wildman–Crippen LogP) is 3.65. The number of carbonyl (C=O) groups is 2. The molecule has 4 N–H and O–H groups in total. The summed E-state index contributed by atoms with van der Waals surface area (Å²) in [5.41, 5.74) is 5.11. The molecule has 2 saturated heterocycles. The van der Waals surface area contributed by atoms with Gasteiger partial charge in [-0.25, -0.2) is 0 Å². The van der Waals surface area contributed by atoms with E-state index in [1.165, 1.54) is 19.2 Å². The van der Waals surface area contributed by atoms with Crippen LogP contribution in [0.25, 0.3) is 11.6 Å². The van der Waals surface area contributed by atoms with E-state index in [0.717, 1.165) is 32.7 Å². The Morgan fingerprint density at radius 1 is 1.06 bits per heavy atom. The Bertz CT molecular complexity index is 1770. The van der Waals surface area contributed by atoms with Gasteiger partial charge in [0.1, 0.15) is 0 Å². The Morgan fingerprint density at radius 2 is 1.83 bits per heavy atom. The fourth-order valence-corrected chi connectivity index (χ4v) is 8.05. The summed E-state index contributed by atoms with van der Waals surface area (Å²) in [5, 5.41) is 40.8. The van der Waals surface area contributed by atoms with E-state index in [0.29, 0.717) is 28.6 Å². The van der Waals surface area contributed by atoms with Crippen LogP contribution in [0.15, 0.2) is 77.9 Å². The molecule has 13 heteroatoms. The van der Waals surface area contributed by atoms with Gasteiger partial charge in [-0.15, -0.1) is 0 Å². The van der Waals surface area contributed by atoms with Crippen LogP contribution in [0, 0.1) is 21.3 Å². The molecule has 1 aliphatic carbocycles. The highest BCUT2D eigenvalue weighted by Gasteiger charge is 2.57. The van der Waals surface area contributed by atoms with Gasteiger partial charge in [-0.3, -0.25) is 14.5 Å². The molecule has 0 bridgehead atoms. The number of nitrogens with zero attached hydrogens (tertiary/aromatic N) is 1. The predicted molar refractivity (Wildman–Crippen MR) is 191 cm³/mol. The van der Waals surface area contributed by atoms with E-state index in [9.17, 15) is 29.8 Å². The van der Waals surface area contributed by atoms with Crippen molar-refractivity contribution < 1.29 is 43.9 Å². The summed E-state index contributed by atoms with van der Waals surface area (Å²) in [4.78, 5) is 29.1. The number of hydrogen-bond acceptors (Lipinski definition) is 9. The second-order valence-corrected chi connectivity index (χ2v) is 13.5. The van der Waals surface area contributed by atoms with Crippen molar-refractivity contribution in [2.75, 3.05) is 25.7 Å². The molecule has 2 aliphatic heterocycles. The number of halogens is 1. The third-order valence-electron chi connectivity index (χ3n) is 9.49. The van der Waals surface area contributed by atoms with Crippen LogP contribution < -0.4 is 15.1 Å². The minimum absolute atomic E-state index is 0.0811. The zero-order chi connectivity index (χ0) is 34.1. The molecule has 0 saturated carbocycles. The average molecular weight is 763 g/mol. The third-order valence-corrected chi connectivity index (χ3v) is 10.3. The lowest BCUT2D eigenvalue weighted by atomic mass is 9.58. The lowest BCUT2D eigenvalue weighted by molar-refractivity contribution is -0.122. The van der Waals surface area contributed by atoms with Crippen molar-refractivity contribution in [2.24, 2.45) is 17.8 Å². The number of allylic oxidation sites excluding steroid dienone is 1. The Labute approximate surface area is 293 Å². The van der Waals surface area contributed by atoms with Crippen LogP contribution in [0.1, 0.15) is 30.4 Å². The summed E-state index contributed by atoms with van der Waals surface area (Å²) < 4.78 is 17.8. The number of carbonyl (C=O) groups excluding carboxylic acids is 2. The number of methoxy groups -OCH3 is 2. The number of rotatable bonds is 10. The number of amides is 2. The van der Waals surface area contributed by atoms with Gasteiger partial charge >= 0.3 is 14.2 Å². The highest BCUT2D eigenvalue weighted by molar-refractivity contribution is 14.1. The van der Waals surface area contributed by atoms with E-state index in [1.807, 2.05) is 42.5 Å². The molecule has 0 unspecified atom stereocenters. The van der Waals surface area contributed by atoms with Crippen molar-refractivity contribution in [1.82, 2.24) is 0 Å². The normalized spacial score (nSPS) is 22.6. The fourth-order valence-electron chi connectivity index (χ4n) is 7.42. The molecular formula is C35H36B2INO9. The first-order chi connectivity index (χ1) is 23.1. The molecule has 0 radical (unpaired) electrons. The Balaban J connectivity index is 1.33. The zero-order valence-corrected chi connectivity index (χ0v) is 28.7. The minimum atomic E-state index is -1.75. The number of hydrogen-bond donors (Lipinski definition) is 4. The maximum absolute atomic E-state index is 14.1. The van der Waals surface area contributed by atoms with Gasteiger partial charge in [0.15, 0.2) is 11.5 Å². The Kier molecular flexibility index (Phi) is 10.4. The summed E-state index contributed by atoms with van der Waals surface area (Å²) >= 11 is 2.07. The van der Waals surface area contributed by atoms with E-state index in [-0.39, 0.29) is 41.6 Å². The Hall–Kier alpha value is -3.46. The number of phenols is 1. The molecule has 6 rings (SSSR count). The van der Waals surface area contributed by atoms with Crippen LogP contribution in [0.3, 0.4) is 0 Å². The van der Waals surface area contributed by atoms with Crippen LogP contribution in [0.4, 0.5) is 5.69 Å². The number of ether oxygens (including phenoxy) is 2. The van der Waals surface area contributed by atoms with Crippen molar-refractivity contribution in [3.8, 4) is 11.5 Å². The summed E-state index contributed by atoms with van der Waals surface area (Å²) in [5.74, 6) is -2.06. The molecule has 10 nitrogen and oxygen atoms in total. The van der Waals surface area contributed by atoms with Gasteiger partial charge in [0, 0.05) is 7.11 Å². The minimum Gasteiger partial charge on any atom is -0.504 e. The molecule has 3 aliphatic rings. The van der Waals surface area contributed by atoms with Crippen molar-refractivity contribution in [1.29, 1.82) is 0 Å². The third kappa shape index (κ3) is 6.72. The number of benzene rings is 3. The van der Waals surface area contributed by atoms with E-state index < -0.39 is 38.1 Å². The Morgan fingerprint density at radius 3 is 2.54 bits per heavy atom. The number of anilines is 1. The summed E-state index contributed by atoms with van der Waals surface area (Å²) in [6.45, 7) is 0.256. The number of aromatic hydroxyl groups is 1. The highest BCUT2D eigenvalue weighted by atomic mass is 127. The SMILES string of the molecule is COCC1=C2[C@@H](CC/C(=C/c3cc(I)c(O)c(OC)c3)c3ccccc3)OB(O)C[C@@H]2[C@@H]2C(=O)N(c3cccc(B(O)O)c3)C(=O)[C@@H]2C1. The summed E-state index contributed by atoms with van der Waals surface area (Å²) in [7, 11) is 0.216. The van der Waals surface area contributed by atoms with Crippen LogP contribution >= 0.6 is 22.6 Å². The molecule has 3 aromatic carbocycles. The highest BCUT2D eigenvalue weighted by Crippen LogP contribution is 2.51. The van der Waals surface area contributed by atoms with Gasteiger partial charge in [0.25, 0.3) is 0 Å². The lowest BCUT2D eigenvalue weighted by Gasteiger charge is -2.43. The number of imide groups is 1. The second-order valence-electron chi connectivity index (χ2n) is 12.4. The van der Waals surface area contributed by atoms with Crippen LogP contribution in [-0.4, -0.2) is 73.2 Å². The maximum atomic E-state index is 14.1. The largest absolute Gasteiger partial charge is 0.504 e. The van der Waals surface area contributed by atoms with E-state index in [2.05, 4.69) is 22.6 Å². The topological polar surface area (TPSA) is 146 Å². The zero-order valence-electron chi connectivity index (χ0n) is 26.6. The van der Waals surface area contributed by atoms with Crippen molar-refractivity contribution in [3.63, 3.8) is 0 Å². The van der Waals surface area contributed by atoms with Gasteiger partial charge < -0.3 is 34.3 Å². The summed E-state index contributed by atoms with van der Waals surface area (Å²) in [6, 6.07) is 19.7. The monoisotopic (exact) mass is 763 g/mol. The van der Waals surface area contributed by atoms with Crippen LogP contribution in [0.2, 0.25) is 6.32 Å². The molecule has 2 heterocycles. The fraction of sp³-hybridized carbons (Fsp3) is 0.314. The van der Waals surface area contributed by atoms with Crippen LogP contribution in [-0.2, 0) is 19.0 Å². The van der Waals surface area contributed by atoms with Gasteiger partial charge in [0.2, 0.25) is 11.8 Å². The quantitative estimate of drug-likeness (QED) is 0.0800. The molecule has 0 spiro atoms. The van der Waals surface area contributed by atoms with E-state index in [1.54, 1.807) is 25.3 Å². The number of fused-ring (bicyclic) bond motifs is 3. The molecule has 48 heavy (non-hydrogen) atoms. The van der Waals surface area contributed by atoms with Crippen LogP contribution in [0.5, 0.6) is 11.5 Å². The molecule has 248 valence electrons. The second kappa shape index (κ2) is 14.6. The first kappa shape index (κ1) is 34.4. The lowest BCUT2D eigenvalue weighted by Crippen LogP contribution is -2.46. The molecule has 3 aromatic rings. The van der Waals surface area contributed by atoms with Gasteiger partial charge in [0.05, 0.1) is 40.9 Å². The molecule has 2 fully saturated rings. The smallest absolute Gasteiger partial charge is 0.488 e. The van der Waals surface area contributed by atoms with Gasteiger partial charge in [-0.2, -0.15) is 0 Å². The van der Waals surface area contributed by atoms with Gasteiger partial charge in [-0.05, 0) is 112 Å². The molecular weight excluding hydrogens is 727 g/mol. The standard InChI is InChI=1S/C35H36B2INO9/c1-46-19-23-16-26-32(35(42)39(34(26)41)25-10-6-9-24(17-25)37(44)45)27-18-36(43)48-29(31(23)27)12-11-22(21-7-4-3-5-8-21)13-20-14-28(38)33(40)30(15-20)47-2/h3-10,13-15,17,26-27,29,32,40,43-45H,11-12,16,18-19H2,1-2H3/b22-13-/t26-,27+,29-,32-/m1/s1. The molecule has 4 atom stereocenters.